The third kappa shape index (κ3) is 6.12. The second-order valence-corrected chi connectivity index (χ2v) is 7.13. The molecule has 3 N–H and O–H groups in total. The van der Waals surface area contributed by atoms with Gasteiger partial charge in [0.25, 0.3) is 5.91 Å². The van der Waals surface area contributed by atoms with E-state index < -0.39 is 6.09 Å². The van der Waals surface area contributed by atoms with Crippen LogP contribution in [0, 0.1) is 0 Å². The molecule has 3 amide bonds. The molecular weight excluding hydrogens is 422 g/mol. The summed E-state index contributed by atoms with van der Waals surface area (Å²) >= 11 is 1.29. The molecule has 0 aliphatic heterocycles. The van der Waals surface area contributed by atoms with E-state index in [4.69, 9.17) is 9.26 Å². The van der Waals surface area contributed by atoms with Gasteiger partial charge in [0.2, 0.25) is 5.91 Å². The molecule has 3 rings (SSSR count). The minimum atomic E-state index is -0.528. The van der Waals surface area contributed by atoms with E-state index in [2.05, 4.69) is 26.1 Å². The summed E-state index contributed by atoms with van der Waals surface area (Å²) in [6.07, 6.45) is -0.0774. The highest BCUT2D eigenvalue weighted by molar-refractivity contribution is 7.14. The van der Waals surface area contributed by atoms with Gasteiger partial charge in [-0.05, 0) is 19.1 Å². The lowest BCUT2D eigenvalue weighted by atomic mass is 10.1. The van der Waals surface area contributed by atoms with Gasteiger partial charge in [0.1, 0.15) is 5.76 Å². The van der Waals surface area contributed by atoms with Gasteiger partial charge in [-0.25, -0.2) is 9.78 Å². The number of benzene rings is 1. The normalized spacial score (nSPS) is 10.4. The van der Waals surface area contributed by atoms with Crippen LogP contribution >= 0.6 is 11.3 Å². The standard InChI is InChI=1S/C20H21N5O5S/c1-3-29-20(28)22-13-6-4-5-12(9-13)16-11-31-19(23-16)24-17(26)8-7-14-10-15(25-30-14)18(27)21-2/h4-6,9-11H,3,7-8H2,1-2H3,(H,21,27)(H,22,28)(H,23,24,26). The third-order valence-electron chi connectivity index (χ3n) is 4.05. The van der Waals surface area contributed by atoms with Crippen LogP contribution in [0.3, 0.4) is 0 Å². The average Bonchev–Trinajstić information content (AvgIpc) is 3.42. The number of ether oxygens (including phenoxy) is 1. The molecule has 10 nitrogen and oxygen atoms in total. The first-order valence-corrected chi connectivity index (χ1v) is 10.3. The minimum Gasteiger partial charge on any atom is -0.450 e. The maximum atomic E-state index is 12.2. The Morgan fingerprint density at radius 1 is 1.19 bits per heavy atom. The summed E-state index contributed by atoms with van der Waals surface area (Å²) in [4.78, 5) is 39.7. The number of anilines is 2. The quantitative estimate of drug-likeness (QED) is 0.486. The monoisotopic (exact) mass is 443 g/mol. The van der Waals surface area contributed by atoms with Gasteiger partial charge in [-0.3, -0.25) is 14.9 Å². The molecule has 2 aromatic heterocycles. The van der Waals surface area contributed by atoms with E-state index in [0.29, 0.717) is 28.7 Å². The maximum Gasteiger partial charge on any atom is 0.411 e. The molecule has 0 bridgehead atoms. The molecule has 0 saturated carbocycles. The topological polar surface area (TPSA) is 135 Å². The Hall–Kier alpha value is -3.73. The average molecular weight is 443 g/mol. The zero-order chi connectivity index (χ0) is 22.2. The first-order valence-electron chi connectivity index (χ1n) is 9.45. The van der Waals surface area contributed by atoms with Crippen molar-refractivity contribution in [1.29, 1.82) is 0 Å². The number of aryl methyl sites for hydroxylation is 1. The van der Waals surface area contributed by atoms with Crippen LogP contribution in [0.25, 0.3) is 11.3 Å². The first-order chi connectivity index (χ1) is 15.0. The van der Waals surface area contributed by atoms with Gasteiger partial charge in [0.15, 0.2) is 10.8 Å². The van der Waals surface area contributed by atoms with Crippen molar-refractivity contribution in [1.82, 2.24) is 15.5 Å². The molecule has 3 aromatic rings. The number of nitrogens with zero attached hydrogens (tertiary/aromatic N) is 2. The van der Waals surface area contributed by atoms with Crippen molar-refractivity contribution in [3.63, 3.8) is 0 Å². The molecule has 0 saturated heterocycles. The second kappa shape index (κ2) is 10.3. The van der Waals surface area contributed by atoms with Crippen LogP contribution in [-0.4, -0.2) is 41.7 Å². The molecular formula is C20H21N5O5S. The van der Waals surface area contributed by atoms with E-state index in [-0.39, 0.29) is 30.5 Å². The highest BCUT2D eigenvalue weighted by atomic mass is 32.1. The molecule has 0 unspecified atom stereocenters. The van der Waals surface area contributed by atoms with Crippen molar-refractivity contribution in [2.45, 2.75) is 19.8 Å². The number of carbonyl (C=O) groups is 3. The Balaban J connectivity index is 1.56. The van der Waals surface area contributed by atoms with Gasteiger partial charge in [-0.2, -0.15) is 0 Å². The number of rotatable bonds is 8. The molecule has 0 aliphatic rings. The fourth-order valence-corrected chi connectivity index (χ4v) is 3.33. The molecule has 0 radical (unpaired) electrons. The van der Waals surface area contributed by atoms with E-state index in [1.54, 1.807) is 25.1 Å². The summed E-state index contributed by atoms with van der Waals surface area (Å²) in [6.45, 7) is 2.01. The van der Waals surface area contributed by atoms with Crippen LogP contribution in [0.1, 0.15) is 29.6 Å². The van der Waals surface area contributed by atoms with Crippen LogP contribution in [-0.2, 0) is 16.0 Å². The van der Waals surface area contributed by atoms with Crippen LogP contribution in [0.4, 0.5) is 15.6 Å². The van der Waals surface area contributed by atoms with E-state index in [9.17, 15) is 14.4 Å². The van der Waals surface area contributed by atoms with Crippen LogP contribution in [0.5, 0.6) is 0 Å². The maximum absolute atomic E-state index is 12.2. The van der Waals surface area contributed by atoms with Crippen molar-refractivity contribution in [2.24, 2.45) is 0 Å². The Labute approximate surface area is 182 Å². The largest absolute Gasteiger partial charge is 0.450 e. The summed E-state index contributed by atoms with van der Waals surface area (Å²) in [6, 6.07) is 8.66. The smallest absolute Gasteiger partial charge is 0.411 e. The van der Waals surface area contributed by atoms with E-state index in [1.165, 1.54) is 24.5 Å². The third-order valence-corrected chi connectivity index (χ3v) is 4.81. The molecule has 11 heteroatoms. The SMILES string of the molecule is CCOC(=O)Nc1cccc(-c2csc(NC(=O)CCc3cc(C(=O)NC)no3)n2)c1. The highest BCUT2D eigenvalue weighted by Crippen LogP contribution is 2.27. The number of hydrogen-bond acceptors (Lipinski definition) is 8. The lowest BCUT2D eigenvalue weighted by Gasteiger charge is -2.06. The number of thiazole rings is 1. The molecule has 0 fully saturated rings. The summed E-state index contributed by atoms with van der Waals surface area (Å²) in [5.74, 6) is -0.146. The predicted octanol–water partition coefficient (Wildman–Crippen LogP) is 3.30. The Morgan fingerprint density at radius 2 is 2.03 bits per heavy atom. The Morgan fingerprint density at radius 3 is 2.81 bits per heavy atom. The summed E-state index contributed by atoms with van der Waals surface area (Å²) in [5, 5.41) is 13.8. The number of hydrogen-bond donors (Lipinski definition) is 3. The van der Waals surface area contributed by atoms with E-state index in [1.807, 2.05) is 11.4 Å². The van der Waals surface area contributed by atoms with Crippen LogP contribution in [0.2, 0.25) is 0 Å². The lowest BCUT2D eigenvalue weighted by Crippen LogP contribution is -2.17. The number of aromatic nitrogens is 2. The van der Waals surface area contributed by atoms with Gasteiger partial charge < -0.3 is 19.9 Å². The number of carbonyl (C=O) groups excluding carboxylic acids is 3. The second-order valence-electron chi connectivity index (χ2n) is 6.27. The van der Waals surface area contributed by atoms with Gasteiger partial charge in [-0.1, -0.05) is 17.3 Å². The van der Waals surface area contributed by atoms with Crippen LogP contribution < -0.4 is 16.0 Å². The molecule has 31 heavy (non-hydrogen) atoms. The number of nitrogens with one attached hydrogen (secondary N) is 3. The lowest BCUT2D eigenvalue weighted by molar-refractivity contribution is -0.116. The van der Waals surface area contributed by atoms with Crippen LogP contribution in [0.15, 0.2) is 40.2 Å². The van der Waals surface area contributed by atoms with Crippen molar-refractivity contribution < 1.29 is 23.6 Å². The molecule has 0 spiro atoms. The number of amides is 3. The van der Waals surface area contributed by atoms with Gasteiger partial charge in [-0.15, -0.1) is 11.3 Å². The zero-order valence-electron chi connectivity index (χ0n) is 16.9. The summed E-state index contributed by atoms with van der Waals surface area (Å²) < 4.78 is 9.93. The molecule has 2 heterocycles. The van der Waals surface area contributed by atoms with E-state index >= 15 is 0 Å². The van der Waals surface area contributed by atoms with Crippen molar-refractivity contribution >= 4 is 40.1 Å². The van der Waals surface area contributed by atoms with Gasteiger partial charge in [0.05, 0.1) is 12.3 Å². The van der Waals surface area contributed by atoms with Gasteiger partial charge >= 0.3 is 6.09 Å². The summed E-state index contributed by atoms with van der Waals surface area (Å²) in [7, 11) is 1.50. The first kappa shape index (κ1) is 22.0. The molecule has 162 valence electrons. The molecule has 0 aliphatic carbocycles. The fourth-order valence-electron chi connectivity index (χ4n) is 2.59. The summed E-state index contributed by atoms with van der Waals surface area (Å²) in [5.41, 5.74) is 2.20. The fraction of sp³-hybridized carbons (Fsp3) is 0.250. The van der Waals surface area contributed by atoms with E-state index in [0.717, 1.165) is 5.56 Å². The van der Waals surface area contributed by atoms with Crippen molar-refractivity contribution in [3.05, 3.63) is 47.2 Å². The minimum absolute atomic E-state index is 0.149. The van der Waals surface area contributed by atoms with Gasteiger partial charge in [0, 0.05) is 42.6 Å². The van der Waals surface area contributed by atoms with Crippen molar-refractivity contribution in [2.75, 3.05) is 24.3 Å². The zero-order valence-corrected chi connectivity index (χ0v) is 17.7. The highest BCUT2D eigenvalue weighted by Gasteiger charge is 2.13. The molecule has 0 atom stereocenters. The predicted molar refractivity (Wildman–Crippen MR) is 115 cm³/mol. The van der Waals surface area contributed by atoms with Crippen molar-refractivity contribution in [3.8, 4) is 11.3 Å². The Bertz CT molecular complexity index is 1080. The molecule has 1 aromatic carbocycles. The Kier molecular flexibility index (Phi) is 7.33.